The SMILES string of the molecule is FC(F)(F)c1cccc(C2COC(CI)C2)c1. The van der Waals surface area contributed by atoms with Crippen molar-refractivity contribution in [1.29, 1.82) is 0 Å². The fourth-order valence-electron chi connectivity index (χ4n) is 2.01. The van der Waals surface area contributed by atoms with Crippen LogP contribution in [-0.4, -0.2) is 17.1 Å². The van der Waals surface area contributed by atoms with Gasteiger partial charge in [0.05, 0.1) is 18.3 Å². The molecule has 0 aromatic heterocycles. The number of halogens is 4. The summed E-state index contributed by atoms with van der Waals surface area (Å²) >= 11 is 2.23. The Hall–Kier alpha value is -0.300. The second-order valence-corrected chi connectivity index (χ2v) is 5.05. The third-order valence-corrected chi connectivity index (χ3v) is 3.92. The Morgan fingerprint density at radius 1 is 1.35 bits per heavy atom. The summed E-state index contributed by atoms with van der Waals surface area (Å²) < 4.78 is 44.1. The maximum Gasteiger partial charge on any atom is 0.416 e. The molecule has 17 heavy (non-hydrogen) atoms. The van der Waals surface area contributed by atoms with Gasteiger partial charge in [-0.25, -0.2) is 0 Å². The zero-order chi connectivity index (χ0) is 12.5. The van der Waals surface area contributed by atoms with Crippen molar-refractivity contribution in [1.82, 2.24) is 0 Å². The van der Waals surface area contributed by atoms with Crippen LogP contribution in [0.4, 0.5) is 13.2 Å². The molecule has 2 unspecified atom stereocenters. The molecule has 0 spiro atoms. The molecular weight excluding hydrogens is 344 g/mol. The molecule has 2 atom stereocenters. The van der Waals surface area contributed by atoms with Crippen molar-refractivity contribution in [2.75, 3.05) is 11.0 Å². The number of rotatable bonds is 2. The first-order chi connectivity index (χ1) is 8.00. The van der Waals surface area contributed by atoms with Gasteiger partial charge in [0.2, 0.25) is 0 Å². The third kappa shape index (κ3) is 3.13. The minimum absolute atomic E-state index is 0.0945. The van der Waals surface area contributed by atoms with Crippen LogP contribution < -0.4 is 0 Å². The Labute approximate surface area is 111 Å². The Morgan fingerprint density at radius 2 is 2.12 bits per heavy atom. The minimum atomic E-state index is -4.27. The monoisotopic (exact) mass is 356 g/mol. The minimum Gasteiger partial charge on any atom is -0.377 e. The van der Waals surface area contributed by atoms with Crippen LogP contribution in [0.15, 0.2) is 24.3 Å². The molecule has 5 heteroatoms. The summed E-state index contributed by atoms with van der Waals surface area (Å²) in [6.07, 6.45) is -3.28. The average Bonchev–Trinajstić information content (AvgIpc) is 2.76. The summed E-state index contributed by atoms with van der Waals surface area (Å²) in [4.78, 5) is 0. The molecule has 1 nitrogen and oxygen atoms in total. The molecule has 2 rings (SSSR count). The molecule has 0 aliphatic carbocycles. The van der Waals surface area contributed by atoms with Gasteiger partial charge in [0.1, 0.15) is 0 Å². The first-order valence-corrected chi connectivity index (χ1v) is 6.88. The van der Waals surface area contributed by atoms with E-state index in [0.717, 1.165) is 22.5 Å². The molecule has 1 saturated heterocycles. The van der Waals surface area contributed by atoms with Crippen molar-refractivity contribution in [3.05, 3.63) is 35.4 Å². The van der Waals surface area contributed by atoms with Crippen molar-refractivity contribution < 1.29 is 17.9 Å². The third-order valence-electron chi connectivity index (χ3n) is 2.94. The van der Waals surface area contributed by atoms with Crippen molar-refractivity contribution in [3.63, 3.8) is 0 Å². The summed E-state index contributed by atoms with van der Waals surface area (Å²) in [5, 5.41) is 0. The second kappa shape index (κ2) is 5.14. The van der Waals surface area contributed by atoms with E-state index >= 15 is 0 Å². The fourth-order valence-corrected chi connectivity index (χ4v) is 2.63. The number of ether oxygens (including phenoxy) is 1. The Morgan fingerprint density at radius 3 is 2.71 bits per heavy atom. The number of alkyl halides is 4. The first kappa shape index (κ1) is 13.1. The molecule has 0 bridgehead atoms. The van der Waals surface area contributed by atoms with Crippen molar-refractivity contribution in [2.45, 2.75) is 24.6 Å². The van der Waals surface area contributed by atoms with Crippen LogP contribution in [0.3, 0.4) is 0 Å². The molecule has 1 heterocycles. The maximum absolute atomic E-state index is 12.6. The molecule has 1 aromatic rings. The van der Waals surface area contributed by atoms with Crippen LogP contribution in [-0.2, 0) is 10.9 Å². The molecule has 0 radical (unpaired) electrons. The van der Waals surface area contributed by atoms with Crippen molar-refractivity contribution in [2.24, 2.45) is 0 Å². The van der Waals surface area contributed by atoms with Crippen LogP contribution in [0.2, 0.25) is 0 Å². The lowest BCUT2D eigenvalue weighted by molar-refractivity contribution is -0.137. The lowest BCUT2D eigenvalue weighted by Gasteiger charge is -2.12. The van der Waals surface area contributed by atoms with Crippen LogP contribution in [0.25, 0.3) is 0 Å². The standard InChI is InChI=1S/C12H12F3IO/c13-12(14,15)10-3-1-2-8(4-10)9-5-11(6-16)17-7-9/h1-4,9,11H,5-7H2. The quantitative estimate of drug-likeness (QED) is 0.575. The Bertz CT molecular complexity index is 392. The Balaban J connectivity index is 2.17. The summed E-state index contributed by atoms with van der Waals surface area (Å²) in [6, 6.07) is 5.56. The van der Waals surface area contributed by atoms with Gasteiger partial charge in [-0.1, -0.05) is 40.8 Å². The Kier molecular flexibility index (Phi) is 3.97. The molecule has 1 aromatic carbocycles. The fraction of sp³-hybridized carbons (Fsp3) is 0.500. The van der Waals surface area contributed by atoms with E-state index < -0.39 is 11.7 Å². The van der Waals surface area contributed by atoms with Gasteiger partial charge >= 0.3 is 6.18 Å². The molecule has 0 N–H and O–H groups in total. The summed E-state index contributed by atoms with van der Waals surface area (Å²) in [6.45, 7) is 0.523. The number of hydrogen-bond donors (Lipinski definition) is 0. The van der Waals surface area contributed by atoms with Crippen molar-refractivity contribution >= 4 is 22.6 Å². The predicted molar refractivity (Wildman–Crippen MR) is 67.4 cm³/mol. The van der Waals surface area contributed by atoms with Crippen LogP contribution >= 0.6 is 22.6 Å². The summed E-state index contributed by atoms with van der Waals surface area (Å²) in [7, 11) is 0. The van der Waals surface area contributed by atoms with Gasteiger partial charge in [-0.15, -0.1) is 0 Å². The van der Waals surface area contributed by atoms with Crippen LogP contribution in [0.1, 0.15) is 23.5 Å². The van der Waals surface area contributed by atoms with Gasteiger partial charge in [0.25, 0.3) is 0 Å². The normalized spacial score (nSPS) is 25.2. The zero-order valence-corrected chi connectivity index (χ0v) is 11.2. The number of hydrogen-bond acceptors (Lipinski definition) is 1. The first-order valence-electron chi connectivity index (χ1n) is 5.35. The molecule has 0 saturated carbocycles. The van der Waals surface area contributed by atoms with E-state index in [1.807, 2.05) is 0 Å². The maximum atomic E-state index is 12.6. The highest BCUT2D eigenvalue weighted by molar-refractivity contribution is 14.1. The molecule has 1 aliphatic rings. The van der Waals surface area contributed by atoms with Gasteiger partial charge in [-0.05, 0) is 18.1 Å². The summed E-state index contributed by atoms with van der Waals surface area (Å²) in [5.74, 6) is 0.0945. The van der Waals surface area contributed by atoms with Crippen molar-refractivity contribution in [3.8, 4) is 0 Å². The van der Waals surface area contributed by atoms with Gasteiger partial charge in [0.15, 0.2) is 0 Å². The topological polar surface area (TPSA) is 9.23 Å². The lowest BCUT2D eigenvalue weighted by Crippen LogP contribution is -2.07. The molecule has 1 fully saturated rings. The van der Waals surface area contributed by atoms with E-state index in [4.69, 9.17) is 4.74 Å². The molecular formula is C12H12F3IO. The van der Waals surface area contributed by atoms with Gasteiger partial charge in [-0.3, -0.25) is 0 Å². The van der Waals surface area contributed by atoms with Gasteiger partial charge in [0, 0.05) is 10.3 Å². The molecule has 0 amide bonds. The molecule has 94 valence electrons. The van der Waals surface area contributed by atoms with E-state index in [2.05, 4.69) is 22.6 Å². The predicted octanol–water partition coefficient (Wildman–Crippen LogP) is 4.01. The van der Waals surface area contributed by atoms with Gasteiger partial charge < -0.3 is 4.74 Å². The highest BCUT2D eigenvalue weighted by atomic mass is 127. The van der Waals surface area contributed by atoms with Crippen LogP contribution in [0.5, 0.6) is 0 Å². The zero-order valence-electron chi connectivity index (χ0n) is 9.01. The van der Waals surface area contributed by atoms with E-state index in [1.165, 1.54) is 12.1 Å². The second-order valence-electron chi connectivity index (χ2n) is 4.17. The van der Waals surface area contributed by atoms with E-state index in [-0.39, 0.29) is 12.0 Å². The highest BCUT2D eigenvalue weighted by Gasteiger charge is 2.32. The highest BCUT2D eigenvalue weighted by Crippen LogP contribution is 2.34. The van der Waals surface area contributed by atoms with Crippen LogP contribution in [0, 0.1) is 0 Å². The van der Waals surface area contributed by atoms with E-state index in [1.54, 1.807) is 6.07 Å². The van der Waals surface area contributed by atoms with E-state index in [0.29, 0.717) is 6.61 Å². The molecule has 1 aliphatic heterocycles. The average molecular weight is 356 g/mol. The van der Waals surface area contributed by atoms with Gasteiger partial charge in [-0.2, -0.15) is 13.2 Å². The van der Waals surface area contributed by atoms with E-state index in [9.17, 15) is 13.2 Å². The number of benzene rings is 1. The smallest absolute Gasteiger partial charge is 0.377 e. The summed E-state index contributed by atoms with van der Waals surface area (Å²) in [5.41, 5.74) is 0.153. The largest absolute Gasteiger partial charge is 0.416 e. The lowest BCUT2D eigenvalue weighted by atomic mass is 9.95.